The van der Waals surface area contributed by atoms with Crippen molar-refractivity contribution in [2.75, 3.05) is 6.67 Å². The number of carbonyl (C=O) groups is 1. The van der Waals surface area contributed by atoms with Gasteiger partial charge in [-0.05, 0) is 18.8 Å². The fourth-order valence-electron chi connectivity index (χ4n) is 1.31. The predicted molar refractivity (Wildman–Crippen MR) is 58.9 cm³/mol. The Labute approximate surface area is 92.0 Å². The second-order valence-electron chi connectivity index (χ2n) is 3.16. The minimum atomic E-state index is -0.905. The Kier molecular flexibility index (Phi) is 7.84. The highest BCUT2D eigenvalue weighted by Gasteiger charge is 2.20. The molecule has 0 spiro atoms. The van der Waals surface area contributed by atoms with Gasteiger partial charge in [-0.3, -0.25) is 0 Å². The van der Waals surface area contributed by atoms with Crippen molar-refractivity contribution in [1.82, 2.24) is 0 Å². The lowest BCUT2D eigenvalue weighted by molar-refractivity contribution is -0.107. The van der Waals surface area contributed by atoms with Gasteiger partial charge in [0.25, 0.3) is 0 Å². The molecule has 0 aromatic rings. The molecule has 0 aromatic carbocycles. The molecular weight excluding hydrogens is 286 g/mol. The molecule has 0 fully saturated rings. The highest BCUT2D eigenvalue weighted by molar-refractivity contribution is 14.1. The Morgan fingerprint density at radius 2 is 2.23 bits per heavy atom. The van der Waals surface area contributed by atoms with Crippen LogP contribution < -0.4 is 0 Å². The molecular formula is C9H16FIO2. The van der Waals surface area contributed by atoms with Gasteiger partial charge in [0.05, 0.1) is 10.0 Å². The average Bonchev–Trinajstić information content (AvgIpc) is 2.15. The van der Waals surface area contributed by atoms with E-state index in [1.165, 1.54) is 0 Å². The number of carbonyl (C=O) groups excluding carboxylic acids is 1. The van der Waals surface area contributed by atoms with Crippen molar-refractivity contribution in [1.29, 1.82) is 0 Å². The van der Waals surface area contributed by atoms with E-state index in [9.17, 15) is 14.3 Å². The number of aliphatic hydroxyl groups is 1. The summed E-state index contributed by atoms with van der Waals surface area (Å²) in [5.74, 6) is -0.0814. The Bertz CT molecular complexity index is 144. The van der Waals surface area contributed by atoms with Crippen LogP contribution in [0.4, 0.5) is 4.39 Å². The second-order valence-corrected chi connectivity index (χ2v) is 4.76. The zero-order valence-electron chi connectivity index (χ0n) is 7.75. The number of alkyl halides is 2. The van der Waals surface area contributed by atoms with Crippen LogP contribution >= 0.6 is 22.6 Å². The number of hydrogen-bond acceptors (Lipinski definition) is 2. The summed E-state index contributed by atoms with van der Waals surface area (Å²) in [5.41, 5.74) is 0. The van der Waals surface area contributed by atoms with Gasteiger partial charge in [-0.25, -0.2) is 4.39 Å². The van der Waals surface area contributed by atoms with Gasteiger partial charge in [0.2, 0.25) is 0 Å². The molecule has 1 N–H and O–H groups in total. The summed E-state index contributed by atoms with van der Waals surface area (Å²) >= 11 is 2.01. The molecule has 0 amide bonds. The van der Waals surface area contributed by atoms with Crippen molar-refractivity contribution >= 4 is 28.9 Å². The fourth-order valence-corrected chi connectivity index (χ4v) is 1.96. The molecule has 0 rings (SSSR count). The van der Waals surface area contributed by atoms with Crippen LogP contribution in [0.1, 0.15) is 26.2 Å². The van der Waals surface area contributed by atoms with Gasteiger partial charge in [-0.15, -0.1) is 0 Å². The molecule has 0 saturated heterocycles. The molecule has 13 heavy (non-hydrogen) atoms. The van der Waals surface area contributed by atoms with Gasteiger partial charge < -0.3 is 9.90 Å². The van der Waals surface area contributed by atoms with E-state index in [1.807, 2.05) is 29.5 Å². The first-order valence-corrected chi connectivity index (χ1v) is 5.73. The highest BCUT2D eigenvalue weighted by Crippen LogP contribution is 2.21. The smallest absolute Gasteiger partial charge is 0.132 e. The van der Waals surface area contributed by atoms with Crippen LogP contribution in [-0.2, 0) is 4.79 Å². The van der Waals surface area contributed by atoms with Crippen molar-refractivity contribution < 1.29 is 14.3 Å². The Balaban J connectivity index is 3.99. The quantitative estimate of drug-likeness (QED) is 0.444. The molecule has 4 heteroatoms. The monoisotopic (exact) mass is 302 g/mol. The number of aliphatic hydroxyl groups excluding tert-OH is 1. The van der Waals surface area contributed by atoms with Gasteiger partial charge in [0.15, 0.2) is 0 Å². The van der Waals surface area contributed by atoms with E-state index in [2.05, 4.69) is 0 Å². The number of aldehydes is 1. The van der Waals surface area contributed by atoms with E-state index in [4.69, 9.17) is 0 Å². The molecule has 78 valence electrons. The lowest BCUT2D eigenvalue weighted by Gasteiger charge is -2.20. The molecule has 0 aliphatic carbocycles. The maximum atomic E-state index is 12.2. The zero-order chi connectivity index (χ0) is 10.3. The summed E-state index contributed by atoms with van der Waals surface area (Å²) in [6.45, 7) is 1.27. The SMILES string of the molecule is CCCC(CC(I)C=O)C(O)CF. The van der Waals surface area contributed by atoms with Crippen LogP contribution in [0, 0.1) is 5.92 Å². The summed E-state index contributed by atoms with van der Waals surface area (Å²) in [7, 11) is 0. The minimum absolute atomic E-state index is 0.0814. The first-order valence-electron chi connectivity index (χ1n) is 4.49. The summed E-state index contributed by atoms with van der Waals surface area (Å²) in [4.78, 5) is 10.4. The van der Waals surface area contributed by atoms with Gasteiger partial charge in [0, 0.05) is 0 Å². The second kappa shape index (κ2) is 7.67. The number of rotatable bonds is 7. The van der Waals surface area contributed by atoms with Crippen LogP contribution in [0.2, 0.25) is 0 Å². The first kappa shape index (κ1) is 13.3. The number of hydrogen-bond donors (Lipinski definition) is 1. The van der Waals surface area contributed by atoms with Crippen LogP contribution in [0.5, 0.6) is 0 Å². The zero-order valence-corrected chi connectivity index (χ0v) is 9.91. The van der Waals surface area contributed by atoms with E-state index < -0.39 is 12.8 Å². The lowest BCUT2D eigenvalue weighted by Crippen LogP contribution is -2.25. The van der Waals surface area contributed by atoms with Crippen LogP contribution in [0.15, 0.2) is 0 Å². The average molecular weight is 302 g/mol. The summed E-state index contributed by atoms with van der Waals surface area (Å²) in [5, 5.41) is 9.30. The molecule has 0 radical (unpaired) electrons. The van der Waals surface area contributed by atoms with E-state index >= 15 is 0 Å². The Hall–Kier alpha value is 0.290. The predicted octanol–water partition coefficient (Wildman–Crippen LogP) is 2.13. The summed E-state index contributed by atoms with van der Waals surface area (Å²) in [6, 6.07) is 0. The molecule has 0 aromatic heterocycles. The minimum Gasteiger partial charge on any atom is -0.390 e. The molecule has 3 unspecified atom stereocenters. The molecule has 0 aliphatic rings. The number of halogens is 2. The maximum Gasteiger partial charge on any atom is 0.132 e. The van der Waals surface area contributed by atoms with E-state index in [0.29, 0.717) is 6.42 Å². The Morgan fingerprint density at radius 1 is 1.62 bits per heavy atom. The van der Waals surface area contributed by atoms with Crippen molar-refractivity contribution in [2.24, 2.45) is 5.92 Å². The van der Waals surface area contributed by atoms with Crippen molar-refractivity contribution in [3.8, 4) is 0 Å². The fraction of sp³-hybridized carbons (Fsp3) is 0.889. The third-order valence-corrected chi connectivity index (χ3v) is 2.84. The first-order chi connectivity index (χ1) is 6.15. The topological polar surface area (TPSA) is 37.3 Å². The summed E-state index contributed by atoms with van der Waals surface area (Å²) < 4.78 is 12.1. The largest absolute Gasteiger partial charge is 0.390 e. The normalized spacial score (nSPS) is 17.8. The van der Waals surface area contributed by atoms with Gasteiger partial charge >= 0.3 is 0 Å². The maximum absolute atomic E-state index is 12.2. The molecule has 0 saturated carbocycles. The van der Waals surface area contributed by atoms with Crippen molar-refractivity contribution in [3.05, 3.63) is 0 Å². The highest BCUT2D eigenvalue weighted by atomic mass is 127. The standard InChI is InChI=1S/C9H16FIO2/c1-2-3-7(9(13)5-10)4-8(11)6-12/h6-9,13H,2-5H2,1H3. The molecule has 2 nitrogen and oxygen atoms in total. The van der Waals surface area contributed by atoms with Crippen molar-refractivity contribution in [3.63, 3.8) is 0 Å². The molecule has 3 atom stereocenters. The third-order valence-electron chi connectivity index (χ3n) is 2.04. The van der Waals surface area contributed by atoms with Crippen LogP contribution in [-0.4, -0.2) is 28.1 Å². The van der Waals surface area contributed by atoms with E-state index in [0.717, 1.165) is 19.1 Å². The molecule has 0 bridgehead atoms. The van der Waals surface area contributed by atoms with E-state index in [-0.39, 0.29) is 9.84 Å². The third kappa shape index (κ3) is 5.57. The lowest BCUT2D eigenvalue weighted by atomic mass is 9.93. The van der Waals surface area contributed by atoms with Gasteiger partial charge in [-0.1, -0.05) is 35.9 Å². The Morgan fingerprint density at radius 3 is 2.62 bits per heavy atom. The van der Waals surface area contributed by atoms with Gasteiger partial charge in [0.1, 0.15) is 13.0 Å². The summed E-state index contributed by atoms with van der Waals surface area (Å²) in [6.07, 6.45) is 2.19. The van der Waals surface area contributed by atoms with E-state index in [1.54, 1.807) is 0 Å². The van der Waals surface area contributed by atoms with Crippen LogP contribution in [0.3, 0.4) is 0 Å². The van der Waals surface area contributed by atoms with Crippen LogP contribution in [0.25, 0.3) is 0 Å². The molecule has 0 aliphatic heterocycles. The van der Waals surface area contributed by atoms with Crippen molar-refractivity contribution in [2.45, 2.75) is 36.2 Å². The molecule has 0 heterocycles. The van der Waals surface area contributed by atoms with Gasteiger partial charge in [-0.2, -0.15) is 0 Å².